The third kappa shape index (κ3) is 3.08. The highest BCUT2D eigenvalue weighted by atomic mass is 19.1. The van der Waals surface area contributed by atoms with Crippen molar-refractivity contribution in [3.8, 4) is 0 Å². The van der Waals surface area contributed by atoms with Gasteiger partial charge in [0, 0.05) is 5.41 Å². The molecule has 9 nitrogen and oxygen atoms in total. The molecule has 3 rings (SSSR count). The number of aromatic nitrogens is 4. The number of aliphatic hydroxyl groups excluding tert-OH is 2. The van der Waals surface area contributed by atoms with Crippen molar-refractivity contribution in [1.29, 1.82) is 0 Å². The summed E-state index contributed by atoms with van der Waals surface area (Å²) < 4.78 is 21.0. The van der Waals surface area contributed by atoms with Gasteiger partial charge in [-0.3, -0.25) is 9.36 Å². The van der Waals surface area contributed by atoms with Crippen LogP contribution in [0.15, 0.2) is 12.7 Å². The summed E-state index contributed by atoms with van der Waals surface area (Å²) in [7, 11) is 0. The summed E-state index contributed by atoms with van der Waals surface area (Å²) in [6.45, 7) is 4.77. The number of carbonyl (C=O) groups is 1. The summed E-state index contributed by atoms with van der Waals surface area (Å²) in [6, 6.07) is 0. The van der Waals surface area contributed by atoms with Crippen molar-refractivity contribution in [2.75, 3.05) is 11.9 Å². The van der Waals surface area contributed by atoms with Crippen molar-refractivity contribution in [3.05, 3.63) is 12.7 Å². The van der Waals surface area contributed by atoms with Gasteiger partial charge in [0.2, 0.25) is 5.91 Å². The third-order valence-corrected chi connectivity index (χ3v) is 4.02. The molecule has 136 valence electrons. The maximum Gasteiger partial charge on any atom is 0.230 e. The second-order valence-corrected chi connectivity index (χ2v) is 6.93. The number of anilines is 1. The van der Waals surface area contributed by atoms with E-state index in [9.17, 15) is 14.3 Å². The fraction of sp³-hybridized carbons (Fsp3) is 0.600. The van der Waals surface area contributed by atoms with E-state index in [0.29, 0.717) is 0 Å². The first-order valence-corrected chi connectivity index (χ1v) is 7.81. The molecular weight excluding hydrogens is 333 g/mol. The number of fused-ring (bicyclic) bond motifs is 1. The molecule has 0 spiro atoms. The zero-order chi connectivity index (χ0) is 18.4. The predicted molar refractivity (Wildman–Crippen MR) is 85.3 cm³/mol. The third-order valence-electron chi connectivity index (χ3n) is 4.02. The number of ether oxygens (including phenoxy) is 1. The predicted octanol–water partition coefficient (Wildman–Crippen LogP) is 0.400. The maximum absolute atomic E-state index is 14.3. The molecule has 0 aromatic carbocycles. The molecule has 2 aromatic heterocycles. The number of amides is 1. The van der Waals surface area contributed by atoms with Gasteiger partial charge in [0.05, 0.1) is 12.9 Å². The van der Waals surface area contributed by atoms with E-state index < -0.39 is 36.6 Å². The lowest BCUT2D eigenvalue weighted by Crippen LogP contribution is -2.30. The Morgan fingerprint density at radius 1 is 1.40 bits per heavy atom. The van der Waals surface area contributed by atoms with Crippen LogP contribution in [0.25, 0.3) is 11.2 Å². The summed E-state index contributed by atoms with van der Waals surface area (Å²) in [4.78, 5) is 24.4. The van der Waals surface area contributed by atoms with Gasteiger partial charge >= 0.3 is 0 Å². The number of rotatable bonds is 3. The van der Waals surface area contributed by atoms with Gasteiger partial charge in [0.1, 0.15) is 18.5 Å². The van der Waals surface area contributed by atoms with Crippen LogP contribution in [-0.2, 0) is 9.53 Å². The molecule has 0 saturated carbocycles. The van der Waals surface area contributed by atoms with E-state index in [4.69, 9.17) is 9.84 Å². The van der Waals surface area contributed by atoms with Gasteiger partial charge in [-0.05, 0) is 0 Å². The molecule has 3 N–H and O–H groups in total. The van der Waals surface area contributed by atoms with Crippen molar-refractivity contribution in [3.63, 3.8) is 0 Å². The molecule has 1 amide bonds. The van der Waals surface area contributed by atoms with Crippen LogP contribution in [0, 0.1) is 5.41 Å². The Morgan fingerprint density at radius 3 is 2.72 bits per heavy atom. The van der Waals surface area contributed by atoms with E-state index >= 15 is 0 Å². The second kappa shape index (κ2) is 6.28. The number of aliphatic hydroxyl groups is 2. The lowest BCUT2D eigenvalue weighted by molar-refractivity contribution is -0.123. The highest BCUT2D eigenvalue weighted by molar-refractivity contribution is 5.99. The normalized spacial score (nSPS) is 27.0. The van der Waals surface area contributed by atoms with E-state index in [1.54, 1.807) is 20.8 Å². The van der Waals surface area contributed by atoms with Crippen molar-refractivity contribution >= 4 is 22.9 Å². The molecule has 1 saturated heterocycles. The van der Waals surface area contributed by atoms with Crippen LogP contribution < -0.4 is 5.32 Å². The van der Waals surface area contributed by atoms with Crippen LogP contribution in [-0.4, -0.2) is 60.6 Å². The Bertz CT molecular complexity index is 790. The number of halogens is 1. The lowest BCUT2D eigenvalue weighted by atomic mass is 9.96. The average Bonchev–Trinajstić information content (AvgIpc) is 3.09. The summed E-state index contributed by atoms with van der Waals surface area (Å²) in [5.74, 6) is -0.0466. The first kappa shape index (κ1) is 17.6. The minimum atomic E-state index is -1.75. The number of nitrogens with one attached hydrogen (secondary N) is 1. The fourth-order valence-corrected chi connectivity index (χ4v) is 2.50. The van der Waals surface area contributed by atoms with Gasteiger partial charge in [0.15, 0.2) is 29.4 Å². The quantitative estimate of drug-likeness (QED) is 0.730. The van der Waals surface area contributed by atoms with Crippen LogP contribution in [0.5, 0.6) is 0 Å². The summed E-state index contributed by atoms with van der Waals surface area (Å²) in [5, 5.41) is 21.6. The average molecular weight is 353 g/mol. The lowest BCUT2D eigenvalue weighted by Gasteiger charge is -2.17. The Hall–Kier alpha value is -2.17. The zero-order valence-corrected chi connectivity index (χ0v) is 14.0. The number of hydrogen-bond donors (Lipinski definition) is 3. The SMILES string of the molecule is CC(C)(C)C(=O)Nc1ncnc2c1ncn2[C@@H]1O[C@H](CO)[C@@H](O)[C@@H]1F. The Labute approximate surface area is 142 Å². The van der Waals surface area contributed by atoms with E-state index in [1.165, 1.54) is 17.2 Å². The van der Waals surface area contributed by atoms with Gasteiger partial charge in [-0.25, -0.2) is 19.3 Å². The standard InChI is InChI=1S/C15H20FN5O4/c1-15(2,3)14(24)20-11-9-12(18-5-17-11)21(6-19-9)13-8(16)10(23)7(4-22)25-13/h5-8,10,13,22-23H,4H2,1-3H3,(H,17,18,20,24)/t7-,8+,10-,13-/m1/s1. The van der Waals surface area contributed by atoms with Crippen molar-refractivity contribution < 1.29 is 24.1 Å². The molecule has 1 aliphatic rings. The molecule has 3 heterocycles. The molecule has 0 bridgehead atoms. The van der Waals surface area contributed by atoms with Crippen LogP contribution in [0.3, 0.4) is 0 Å². The highest BCUT2D eigenvalue weighted by Gasteiger charge is 2.45. The number of imidazole rings is 1. The summed E-state index contributed by atoms with van der Waals surface area (Å²) >= 11 is 0. The highest BCUT2D eigenvalue weighted by Crippen LogP contribution is 2.34. The Morgan fingerprint density at radius 2 is 2.12 bits per heavy atom. The minimum absolute atomic E-state index is 0.205. The molecule has 4 atom stereocenters. The molecule has 0 aliphatic carbocycles. The molecule has 1 fully saturated rings. The van der Waals surface area contributed by atoms with Crippen LogP contribution >= 0.6 is 0 Å². The molecule has 0 radical (unpaired) electrons. The van der Waals surface area contributed by atoms with Crippen LogP contribution in [0.2, 0.25) is 0 Å². The Kier molecular flexibility index (Phi) is 4.43. The van der Waals surface area contributed by atoms with Gasteiger partial charge < -0.3 is 20.3 Å². The monoisotopic (exact) mass is 353 g/mol. The fourth-order valence-electron chi connectivity index (χ4n) is 2.50. The van der Waals surface area contributed by atoms with Crippen molar-refractivity contribution in [2.24, 2.45) is 5.41 Å². The topological polar surface area (TPSA) is 122 Å². The number of nitrogens with zero attached hydrogens (tertiary/aromatic N) is 4. The van der Waals surface area contributed by atoms with Gasteiger partial charge in [-0.1, -0.05) is 20.8 Å². The van der Waals surface area contributed by atoms with Gasteiger partial charge in [-0.15, -0.1) is 0 Å². The first-order valence-electron chi connectivity index (χ1n) is 7.81. The van der Waals surface area contributed by atoms with Crippen molar-refractivity contribution in [1.82, 2.24) is 19.5 Å². The zero-order valence-electron chi connectivity index (χ0n) is 14.0. The first-order chi connectivity index (χ1) is 11.7. The van der Waals surface area contributed by atoms with Gasteiger partial charge in [0.25, 0.3) is 0 Å². The molecule has 25 heavy (non-hydrogen) atoms. The molecule has 2 aromatic rings. The largest absolute Gasteiger partial charge is 0.394 e. The summed E-state index contributed by atoms with van der Waals surface area (Å²) in [6.07, 6.45) is -2.89. The van der Waals surface area contributed by atoms with Crippen molar-refractivity contribution in [2.45, 2.75) is 45.4 Å². The van der Waals surface area contributed by atoms with E-state index in [2.05, 4.69) is 20.3 Å². The molecule has 0 unspecified atom stereocenters. The van der Waals surface area contributed by atoms with E-state index in [1.807, 2.05) is 0 Å². The smallest absolute Gasteiger partial charge is 0.230 e. The minimum Gasteiger partial charge on any atom is -0.394 e. The maximum atomic E-state index is 14.3. The molecular formula is C15H20FN5O4. The van der Waals surface area contributed by atoms with E-state index in [0.717, 1.165) is 0 Å². The summed E-state index contributed by atoms with van der Waals surface area (Å²) in [5.41, 5.74) is -0.104. The number of carbonyl (C=O) groups excluding carboxylic acids is 1. The van der Waals surface area contributed by atoms with Crippen LogP contribution in [0.1, 0.15) is 27.0 Å². The molecule has 10 heteroatoms. The molecule has 1 aliphatic heterocycles. The van der Waals surface area contributed by atoms with E-state index in [-0.39, 0.29) is 22.9 Å². The van der Waals surface area contributed by atoms with Gasteiger partial charge in [-0.2, -0.15) is 0 Å². The Balaban J connectivity index is 1.95. The number of hydrogen-bond acceptors (Lipinski definition) is 7. The number of alkyl halides is 1. The second-order valence-electron chi connectivity index (χ2n) is 6.93. The van der Waals surface area contributed by atoms with Crippen LogP contribution in [0.4, 0.5) is 10.2 Å².